The number of carbonyl (C=O) groups is 1. The standard InChI is InChI=1S/C15H17ClN2O4/c1-9-4-12(16)13(6-14(9)21-8-15(19)20-3)17-7-11-5-10(2)22-18-11/h4-6,17H,7-8H2,1-3H3. The SMILES string of the molecule is COC(=O)COc1cc(NCc2cc(C)on2)c(Cl)cc1C. The summed E-state index contributed by atoms with van der Waals surface area (Å²) >= 11 is 6.21. The number of halogens is 1. The van der Waals surface area contributed by atoms with Crippen LogP contribution in [0.25, 0.3) is 0 Å². The third-order valence-electron chi connectivity index (χ3n) is 2.97. The number of esters is 1. The molecular weight excluding hydrogens is 308 g/mol. The number of rotatable bonds is 6. The highest BCUT2D eigenvalue weighted by atomic mass is 35.5. The van der Waals surface area contributed by atoms with Gasteiger partial charge in [0.15, 0.2) is 6.61 Å². The van der Waals surface area contributed by atoms with E-state index in [-0.39, 0.29) is 6.61 Å². The van der Waals surface area contributed by atoms with Crippen LogP contribution in [0.4, 0.5) is 5.69 Å². The Bertz CT molecular complexity index is 670. The first kappa shape index (κ1) is 16.2. The maximum Gasteiger partial charge on any atom is 0.343 e. The van der Waals surface area contributed by atoms with Crippen LogP contribution in [0.15, 0.2) is 22.7 Å². The van der Waals surface area contributed by atoms with Crippen LogP contribution in [-0.2, 0) is 16.1 Å². The molecule has 0 aliphatic heterocycles. The van der Waals surface area contributed by atoms with E-state index in [1.807, 2.05) is 19.9 Å². The van der Waals surface area contributed by atoms with Crippen LogP contribution in [0.2, 0.25) is 5.02 Å². The molecule has 6 nitrogen and oxygen atoms in total. The lowest BCUT2D eigenvalue weighted by atomic mass is 10.2. The molecule has 2 rings (SSSR count). The summed E-state index contributed by atoms with van der Waals surface area (Å²) in [5, 5.41) is 7.62. The highest BCUT2D eigenvalue weighted by Gasteiger charge is 2.10. The third-order valence-corrected chi connectivity index (χ3v) is 3.29. The molecule has 0 atom stereocenters. The number of anilines is 1. The summed E-state index contributed by atoms with van der Waals surface area (Å²) in [5.41, 5.74) is 2.29. The summed E-state index contributed by atoms with van der Waals surface area (Å²) in [5.74, 6) is 0.865. The Morgan fingerprint density at radius 1 is 1.36 bits per heavy atom. The minimum Gasteiger partial charge on any atom is -0.482 e. The van der Waals surface area contributed by atoms with Crippen molar-refractivity contribution in [2.75, 3.05) is 19.0 Å². The van der Waals surface area contributed by atoms with Gasteiger partial charge in [0.1, 0.15) is 17.2 Å². The lowest BCUT2D eigenvalue weighted by Crippen LogP contribution is -2.13. The van der Waals surface area contributed by atoms with Crippen molar-refractivity contribution in [3.8, 4) is 5.75 Å². The van der Waals surface area contributed by atoms with Crippen molar-refractivity contribution in [3.63, 3.8) is 0 Å². The van der Waals surface area contributed by atoms with Gasteiger partial charge >= 0.3 is 5.97 Å². The van der Waals surface area contributed by atoms with E-state index in [1.165, 1.54) is 7.11 Å². The van der Waals surface area contributed by atoms with E-state index < -0.39 is 5.97 Å². The van der Waals surface area contributed by atoms with Crippen LogP contribution in [0, 0.1) is 13.8 Å². The second kappa shape index (κ2) is 7.17. The molecule has 0 saturated heterocycles. The molecule has 118 valence electrons. The highest BCUT2D eigenvalue weighted by molar-refractivity contribution is 6.33. The molecule has 22 heavy (non-hydrogen) atoms. The first-order valence-corrected chi connectivity index (χ1v) is 7.03. The molecule has 0 amide bonds. The molecule has 0 unspecified atom stereocenters. The molecule has 1 heterocycles. The number of carbonyl (C=O) groups excluding carboxylic acids is 1. The zero-order valence-electron chi connectivity index (χ0n) is 12.6. The third kappa shape index (κ3) is 4.14. The monoisotopic (exact) mass is 324 g/mol. The molecule has 1 aromatic carbocycles. The van der Waals surface area contributed by atoms with Gasteiger partial charge in [0.25, 0.3) is 0 Å². The summed E-state index contributed by atoms with van der Waals surface area (Å²) in [4.78, 5) is 11.2. The zero-order valence-corrected chi connectivity index (χ0v) is 13.4. The van der Waals surface area contributed by atoms with Gasteiger partial charge in [-0.25, -0.2) is 4.79 Å². The minimum atomic E-state index is -0.443. The molecule has 0 spiro atoms. The number of nitrogens with one attached hydrogen (secondary N) is 1. The zero-order chi connectivity index (χ0) is 16.1. The molecule has 0 fully saturated rings. The van der Waals surface area contributed by atoms with E-state index in [0.29, 0.717) is 23.0 Å². The Morgan fingerprint density at radius 3 is 2.77 bits per heavy atom. The quantitative estimate of drug-likeness (QED) is 0.823. The summed E-state index contributed by atoms with van der Waals surface area (Å²) in [6.07, 6.45) is 0. The van der Waals surface area contributed by atoms with Gasteiger partial charge in [-0.2, -0.15) is 0 Å². The molecule has 1 N–H and O–H groups in total. The van der Waals surface area contributed by atoms with Crippen LogP contribution in [0.3, 0.4) is 0 Å². The molecule has 0 aliphatic carbocycles. The number of aryl methyl sites for hydroxylation is 2. The average molecular weight is 325 g/mol. The number of aromatic nitrogens is 1. The van der Waals surface area contributed by atoms with E-state index in [1.54, 1.807) is 12.1 Å². The Balaban J connectivity index is 2.08. The van der Waals surface area contributed by atoms with E-state index in [2.05, 4.69) is 15.2 Å². The van der Waals surface area contributed by atoms with Gasteiger partial charge in [0.05, 0.1) is 24.4 Å². The molecule has 0 bridgehead atoms. The van der Waals surface area contributed by atoms with Gasteiger partial charge in [0, 0.05) is 12.1 Å². The number of hydrogen-bond acceptors (Lipinski definition) is 6. The normalized spacial score (nSPS) is 10.4. The number of hydrogen-bond donors (Lipinski definition) is 1. The molecule has 7 heteroatoms. The molecule has 0 radical (unpaired) electrons. The number of benzene rings is 1. The van der Waals surface area contributed by atoms with Gasteiger partial charge in [-0.3, -0.25) is 0 Å². The van der Waals surface area contributed by atoms with Crippen molar-refractivity contribution < 1.29 is 18.8 Å². The van der Waals surface area contributed by atoms with E-state index in [4.69, 9.17) is 20.9 Å². The van der Waals surface area contributed by atoms with Gasteiger partial charge in [-0.1, -0.05) is 16.8 Å². The Labute approximate surface area is 133 Å². The fraction of sp³-hybridized carbons (Fsp3) is 0.333. The fourth-order valence-electron chi connectivity index (χ4n) is 1.83. The Kier molecular flexibility index (Phi) is 5.27. The fourth-order valence-corrected chi connectivity index (χ4v) is 2.11. The van der Waals surface area contributed by atoms with Crippen molar-refractivity contribution in [3.05, 3.63) is 40.2 Å². The van der Waals surface area contributed by atoms with Crippen LogP contribution in [0.5, 0.6) is 5.75 Å². The first-order valence-electron chi connectivity index (χ1n) is 6.65. The summed E-state index contributed by atoms with van der Waals surface area (Å²) in [6.45, 7) is 3.99. The van der Waals surface area contributed by atoms with Crippen molar-refractivity contribution >= 4 is 23.3 Å². The van der Waals surface area contributed by atoms with E-state index in [0.717, 1.165) is 17.0 Å². The molecule has 0 saturated carbocycles. The second-order valence-electron chi connectivity index (χ2n) is 4.74. The van der Waals surface area contributed by atoms with Crippen LogP contribution >= 0.6 is 11.6 Å². The summed E-state index contributed by atoms with van der Waals surface area (Å²) in [7, 11) is 1.31. The predicted octanol–water partition coefficient (Wildman–Crippen LogP) is 3.11. The lowest BCUT2D eigenvalue weighted by molar-refractivity contribution is -0.142. The lowest BCUT2D eigenvalue weighted by Gasteiger charge is -2.13. The number of ether oxygens (including phenoxy) is 2. The maximum absolute atomic E-state index is 11.2. The van der Waals surface area contributed by atoms with E-state index >= 15 is 0 Å². The van der Waals surface area contributed by atoms with Gasteiger partial charge in [-0.05, 0) is 25.5 Å². The largest absolute Gasteiger partial charge is 0.482 e. The Hall–Kier alpha value is -2.21. The smallest absolute Gasteiger partial charge is 0.343 e. The number of methoxy groups -OCH3 is 1. The van der Waals surface area contributed by atoms with Gasteiger partial charge in [0.2, 0.25) is 0 Å². The predicted molar refractivity (Wildman–Crippen MR) is 82.3 cm³/mol. The van der Waals surface area contributed by atoms with Gasteiger partial charge in [-0.15, -0.1) is 0 Å². The van der Waals surface area contributed by atoms with E-state index in [9.17, 15) is 4.79 Å². The summed E-state index contributed by atoms with van der Waals surface area (Å²) in [6, 6.07) is 5.35. The van der Waals surface area contributed by atoms with Crippen molar-refractivity contribution in [1.29, 1.82) is 0 Å². The second-order valence-corrected chi connectivity index (χ2v) is 5.15. The Morgan fingerprint density at radius 2 is 2.14 bits per heavy atom. The average Bonchev–Trinajstić information content (AvgIpc) is 2.90. The van der Waals surface area contributed by atoms with Crippen LogP contribution < -0.4 is 10.1 Å². The maximum atomic E-state index is 11.2. The molecule has 1 aromatic heterocycles. The molecule has 0 aliphatic rings. The highest BCUT2D eigenvalue weighted by Crippen LogP contribution is 2.31. The minimum absolute atomic E-state index is 0.152. The van der Waals surface area contributed by atoms with Crippen molar-refractivity contribution in [1.82, 2.24) is 5.16 Å². The van der Waals surface area contributed by atoms with Crippen molar-refractivity contribution in [2.24, 2.45) is 0 Å². The topological polar surface area (TPSA) is 73.6 Å². The van der Waals surface area contributed by atoms with Crippen LogP contribution in [-0.4, -0.2) is 24.8 Å². The van der Waals surface area contributed by atoms with Crippen molar-refractivity contribution in [2.45, 2.75) is 20.4 Å². The van der Waals surface area contributed by atoms with Gasteiger partial charge < -0.3 is 19.3 Å². The van der Waals surface area contributed by atoms with Crippen LogP contribution in [0.1, 0.15) is 17.0 Å². The molecule has 2 aromatic rings. The first-order chi connectivity index (χ1) is 10.5. The molecular formula is C15H17ClN2O4. The number of nitrogens with zero attached hydrogens (tertiary/aromatic N) is 1. The summed E-state index contributed by atoms with van der Waals surface area (Å²) < 4.78 is 15.0.